The number of hydrazine groups is 1. The molecule has 5 nitrogen and oxygen atoms in total. The van der Waals surface area contributed by atoms with Crippen LogP contribution in [0.25, 0.3) is 0 Å². The lowest BCUT2D eigenvalue weighted by molar-refractivity contribution is -0.120. The summed E-state index contributed by atoms with van der Waals surface area (Å²) in [6.07, 6.45) is 0.164. The lowest BCUT2D eigenvalue weighted by atomic mass is 10.1. The van der Waals surface area contributed by atoms with Gasteiger partial charge in [0.15, 0.2) is 0 Å². The van der Waals surface area contributed by atoms with Gasteiger partial charge in [-0.05, 0) is 18.2 Å². The molecule has 1 aromatic rings. The minimum Gasteiger partial charge on any atom is -0.497 e. The molecule has 0 fully saturated rings. The largest absolute Gasteiger partial charge is 0.497 e. The maximum absolute atomic E-state index is 11.1. The van der Waals surface area contributed by atoms with Crippen LogP contribution in [0.5, 0.6) is 11.5 Å². The van der Waals surface area contributed by atoms with Gasteiger partial charge >= 0.3 is 0 Å². The summed E-state index contributed by atoms with van der Waals surface area (Å²) in [5.41, 5.74) is 2.80. The Bertz CT molecular complexity index is 353. The van der Waals surface area contributed by atoms with E-state index in [0.29, 0.717) is 11.5 Å². The molecule has 0 aromatic heterocycles. The van der Waals surface area contributed by atoms with Gasteiger partial charge in [0.2, 0.25) is 5.91 Å². The molecule has 0 spiro atoms. The highest BCUT2D eigenvalue weighted by atomic mass is 16.5. The average Bonchev–Trinajstić information content (AvgIpc) is 2.28. The number of carbonyl (C=O) groups is 1. The van der Waals surface area contributed by atoms with Crippen LogP contribution >= 0.6 is 0 Å². The Labute approximate surface area is 88.1 Å². The second-order valence-electron chi connectivity index (χ2n) is 2.92. The van der Waals surface area contributed by atoms with Crippen LogP contribution in [0.15, 0.2) is 18.2 Å². The SMILES string of the molecule is COc1ccc(OC)c(CC(=O)NN)c1. The minimum absolute atomic E-state index is 0.164. The number of nitrogens with one attached hydrogen (secondary N) is 1. The Morgan fingerprint density at radius 2 is 2.13 bits per heavy atom. The molecule has 1 rings (SSSR count). The van der Waals surface area contributed by atoms with E-state index in [0.717, 1.165) is 5.56 Å². The second-order valence-corrected chi connectivity index (χ2v) is 2.92. The highest BCUT2D eigenvalue weighted by Crippen LogP contribution is 2.24. The number of ether oxygens (including phenoxy) is 2. The quantitative estimate of drug-likeness (QED) is 0.424. The molecule has 1 aromatic carbocycles. The molecule has 0 aliphatic heterocycles. The molecule has 82 valence electrons. The van der Waals surface area contributed by atoms with Crippen molar-refractivity contribution in [3.05, 3.63) is 23.8 Å². The molecule has 1 amide bonds. The van der Waals surface area contributed by atoms with Crippen LogP contribution in [-0.2, 0) is 11.2 Å². The molecule has 0 aliphatic carbocycles. The molecule has 0 aliphatic rings. The molecule has 5 heteroatoms. The number of hydrogen-bond donors (Lipinski definition) is 2. The van der Waals surface area contributed by atoms with Gasteiger partial charge in [-0.3, -0.25) is 10.2 Å². The fraction of sp³-hybridized carbons (Fsp3) is 0.300. The zero-order valence-electron chi connectivity index (χ0n) is 8.74. The van der Waals surface area contributed by atoms with Gasteiger partial charge in [0.05, 0.1) is 20.6 Å². The first-order chi connectivity index (χ1) is 7.21. The normalized spacial score (nSPS) is 9.53. The minimum atomic E-state index is -0.276. The predicted octanol–water partition coefficient (Wildman–Crippen LogP) is 0.236. The highest BCUT2D eigenvalue weighted by Gasteiger charge is 2.08. The third kappa shape index (κ3) is 2.85. The number of benzene rings is 1. The van der Waals surface area contributed by atoms with Crippen molar-refractivity contribution in [3.63, 3.8) is 0 Å². The van der Waals surface area contributed by atoms with Crippen molar-refractivity contribution < 1.29 is 14.3 Å². The number of rotatable bonds is 4. The molecule has 0 radical (unpaired) electrons. The van der Waals surface area contributed by atoms with Crippen molar-refractivity contribution in [2.45, 2.75) is 6.42 Å². The van der Waals surface area contributed by atoms with E-state index in [1.807, 2.05) is 0 Å². The Morgan fingerprint density at radius 1 is 1.40 bits per heavy atom. The van der Waals surface area contributed by atoms with Gasteiger partial charge in [0.1, 0.15) is 11.5 Å². The zero-order chi connectivity index (χ0) is 11.3. The number of hydrogen-bond acceptors (Lipinski definition) is 4. The molecule has 0 atom stereocenters. The van der Waals surface area contributed by atoms with Crippen LogP contribution < -0.4 is 20.7 Å². The van der Waals surface area contributed by atoms with Crippen molar-refractivity contribution >= 4 is 5.91 Å². The van der Waals surface area contributed by atoms with Crippen molar-refractivity contribution in [2.75, 3.05) is 14.2 Å². The molecule has 15 heavy (non-hydrogen) atoms. The highest BCUT2D eigenvalue weighted by molar-refractivity contribution is 5.78. The molecule has 3 N–H and O–H groups in total. The third-order valence-corrected chi connectivity index (χ3v) is 2.00. The summed E-state index contributed by atoms with van der Waals surface area (Å²) >= 11 is 0. The van der Waals surface area contributed by atoms with E-state index >= 15 is 0 Å². The summed E-state index contributed by atoms with van der Waals surface area (Å²) in [5, 5.41) is 0. The lowest BCUT2D eigenvalue weighted by Crippen LogP contribution is -2.31. The summed E-state index contributed by atoms with van der Waals surface area (Å²) in [6.45, 7) is 0. The summed E-state index contributed by atoms with van der Waals surface area (Å²) in [5.74, 6) is 6.05. The first-order valence-electron chi connectivity index (χ1n) is 4.41. The van der Waals surface area contributed by atoms with E-state index in [4.69, 9.17) is 15.3 Å². The molecule has 0 saturated carbocycles. The lowest BCUT2D eigenvalue weighted by Gasteiger charge is -2.09. The maximum atomic E-state index is 11.1. The smallest absolute Gasteiger partial charge is 0.238 e. The first-order valence-corrected chi connectivity index (χ1v) is 4.41. The number of carbonyl (C=O) groups excluding carboxylic acids is 1. The number of methoxy groups -OCH3 is 2. The Kier molecular flexibility index (Phi) is 3.93. The number of nitrogens with two attached hydrogens (primary N) is 1. The topological polar surface area (TPSA) is 73.6 Å². The van der Waals surface area contributed by atoms with Crippen molar-refractivity contribution in [2.24, 2.45) is 5.84 Å². The van der Waals surface area contributed by atoms with E-state index in [1.54, 1.807) is 32.4 Å². The van der Waals surface area contributed by atoms with Gasteiger partial charge in [-0.15, -0.1) is 0 Å². The Hall–Kier alpha value is -1.75. The number of amides is 1. The fourth-order valence-electron chi connectivity index (χ4n) is 1.24. The van der Waals surface area contributed by atoms with Gasteiger partial charge in [-0.2, -0.15) is 0 Å². The Morgan fingerprint density at radius 3 is 2.67 bits per heavy atom. The third-order valence-electron chi connectivity index (χ3n) is 2.00. The van der Waals surface area contributed by atoms with E-state index in [-0.39, 0.29) is 12.3 Å². The second kappa shape index (κ2) is 5.21. The molecule has 0 heterocycles. The Balaban J connectivity index is 2.95. The monoisotopic (exact) mass is 210 g/mol. The molecular weight excluding hydrogens is 196 g/mol. The van der Waals surface area contributed by atoms with E-state index in [2.05, 4.69) is 5.43 Å². The van der Waals surface area contributed by atoms with Crippen LogP contribution in [0.2, 0.25) is 0 Å². The van der Waals surface area contributed by atoms with E-state index in [9.17, 15) is 4.79 Å². The van der Waals surface area contributed by atoms with Crippen LogP contribution in [0.1, 0.15) is 5.56 Å². The standard InChI is InChI=1S/C10H14N2O3/c1-14-8-3-4-9(15-2)7(5-8)6-10(13)12-11/h3-5H,6,11H2,1-2H3,(H,12,13). The van der Waals surface area contributed by atoms with Gasteiger partial charge < -0.3 is 9.47 Å². The summed E-state index contributed by atoms with van der Waals surface area (Å²) < 4.78 is 10.2. The van der Waals surface area contributed by atoms with E-state index < -0.39 is 0 Å². The fourth-order valence-corrected chi connectivity index (χ4v) is 1.24. The predicted molar refractivity (Wildman–Crippen MR) is 55.6 cm³/mol. The van der Waals surface area contributed by atoms with Crippen molar-refractivity contribution in [1.82, 2.24) is 5.43 Å². The van der Waals surface area contributed by atoms with Gasteiger partial charge in [-0.25, -0.2) is 5.84 Å². The van der Waals surface area contributed by atoms with Gasteiger partial charge in [-0.1, -0.05) is 0 Å². The molecule has 0 unspecified atom stereocenters. The molecular formula is C10H14N2O3. The van der Waals surface area contributed by atoms with Gasteiger partial charge in [0.25, 0.3) is 0 Å². The molecule has 0 saturated heterocycles. The zero-order valence-corrected chi connectivity index (χ0v) is 8.74. The van der Waals surface area contributed by atoms with Crippen LogP contribution in [-0.4, -0.2) is 20.1 Å². The van der Waals surface area contributed by atoms with Crippen molar-refractivity contribution in [1.29, 1.82) is 0 Å². The summed E-state index contributed by atoms with van der Waals surface area (Å²) in [4.78, 5) is 11.1. The van der Waals surface area contributed by atoms with Gasteiger partial charge in [0, 0.05) is 5.56 Å². The van der Waals surface area contributed by atoms with Crippen LogP contribution in [0.4, 0.5) is 0 Å². The molecule has 0 bridgehead atoms. The summed E-state index contributed by atoms with van der Waals surface area (Å²) in [7, 11) is 3.11. The van der Waals surface area contributed by atoms with Crippen LogP contribution in [0.3, 0.4) is 0 Å². The first kappa shape index (κ1) is 11.3. The van der Waals surface area contributed by atoms with E-state index in [1.165, 1.54) is 0 Å². The average molecular weight is 210 g/mol. The van der Waals surface area contributed by atoms with Crippen molar-refractivity contribution in [3.8, 4) is 11.5 Å². The van der Waals surface area contributed by atoms with Crippen LogP contribution in [0, 0.1) is 0 Å². The summed E-state index contributed by atoms with van der Waals surface area (Å²) in [6, 6.07) is 5.26. The maximum Gasteiger partial charge on any atom is 0.238 e.